The molecule has 0 radical (unpaired) electrons. The Balaban J connectivity index is 1.45. The molecule has 2 amide bonds. The molecule has 4 aromatic rings. The third kappa shape index (κ3) is 8.16. The summed E-state index contributed by atoms with van der Waals surface area (Å²) in [5, 5.41) is 6.54. The lowest BCUT2D eigenvalue weighted by atomic mass is 9.97. The fraction of sp³-hybridized carbons (Fsp3) is 0.316. The summed E-state index contributed by atoms with van der Waals surface area (Å²) in [5.74, 6) is 0.140. The van der Waals surface area contributed by atoms with E-state index in [1.165, 1.54) is 13.2 Å². The molecule has 50 heavy (non-hydrogen) atoms. The normalized spacial score (nSPS) is 14.2. The van der Waals surface area contributed by atoms with Crippen LogP contribution < -0.4 is 20.1 Å². The Morgan fingerprint density at radius 1 is 1.10 bits per heavy atom. The van der Waals surface area contributed by atoms with Crippen LogP contribution >= 0.6 is 11.6 Å². The van der Waals surface area contributed by atoms with Crippen LogP contribution in [0.5, 0.6) is 11.5 Å². The van der Waals surface area contributed by atoms with E-state index in [-0.39, 0.29) is 29.8 Å². The lowest BCUT2D eigenvalue weighted by molar-refractivity contribution is -0.119. The third-order valence-corrected chi connectivity index (χ3v) is 8.68. The van der Waals surface area contributed by atoms with Gasteiger partial charge in [0.25, 0.3) is 0 Å². The van der Waals surface area contributed by atoms with Crippen LogP contribution in [0.4, 0.5) is 20.6 Å². The highest BCUT2D eigenvalue weighted by Crippen LogP contribution is 2.41. The standard InChI is InChI=1S/C38H40ClFN4O6/c1-22-28(8-7-9-30(22)43-31-18-26(40)16-25(21-45)36(31)49-6)29-14-15-41-35(34(29)39)23-10-11-24(32(17-23)48-5)19-44(37(47)50-38(2,3)4)20-27-12-13-33(46)42-27/h7-11,14-18,21,27,43H,12-13,19-20H2,1-6H3,(H,42,46)/t27-/m0/s1. The highest BCUT2D eigenvalue weighted by Gasteiger charge is 2.29. The van der Waals surface area contributed by atoms with E-state index in [0.29, 0.717) is 59.1 Å². The van der Waals surface area contributed by atoms with Gasteiger partial charge in [-0.2, -0.15) is 0 Å². The number of nitrogens with one attached hydrogen (secondary N) is 2. The SMILES string of the molecule is COc1cc(-c2nccc(-c3cccc(Nc4cc(F)cc(C=O)c4OC)c3C)c2Cl)ccc1CN(C[C@@H]1CCC(=O)N1)C(=O)OC(C)(C)C. The van der Waals surface area contributed by atoms with Gasteiger partial charge in [-0.25, -0.2) is 9.18 Å². The first-order valence-corrected chi connectivity index (χ1v) is 16.5. The van der Waals surface area contributed by atoms with Crippen LogP contribution in [0, 0.1) is 12.7 Å². The number of aldehydes is 1. The van der Waals surface area contributed by atoms with Gasteiger partial charge in [0.2, 0.25) is 5.91 Å². The molecular formula is C38H40ClFN4O6. The Morgan fingerprint density at radius 3 is 2.54 bits per heavy atom. The number of rotatable bonds is 11. The summed E-state index contributed by atoms with van der Waals surface area (Å²) in [6.07, 6.45) is 2.77. The number of nitrogens with zero attached hydrogens (tertiary/aromatic N) is 2. The Hall–Kier alpha value is -5.16. The molecule has 1 aliphatic heterocycles. The van der Waals surface area contributed by atoms with Crippen molar-refractivity contribution in [2.75, 3.05) is 26.1 Å². The number of halogens is 2. The summed E-state index contributed by atoms with van der Waals surface area (Å²) in [7, 11) is 2.97. The van der Waals surface area contributed by atoms with Gasteiger partial charge in [0.15, 0.2) is 12.0 Å². The summed E-state index contributed by atoms with van der Waals surface area (Å²) in [6.45, 7) is 7.81. The lowest BCUT2D eigenvalue weighted by Gasteiger charge is -2.29. The van der Waals surface area contributed by atoms with Crippen LogP contribution in [0.2, 0.25) is 5.02 Å². The number of carbonyl (C=O) groups is 3. The van der Waals surface area contributed by atoms with Crippen molar-refractivity contribution < 1.29 is 33.0 Å². The number of anilines is 2. The highest BCUT2D eigenvalue weighted by atomic mass is 35.5. The number of amides is 2. The largest absolute Gasteiger partial charge is 0.496 e. The minimum absolute atomic E-state index is 0.0362. The molecule has 0 spiro atoms. The quantitative estimate of drug-likeness (QED) is 0.151. The molecule has 1 atom stereocenters. The van der Waals surface area contributed by atoms with Crippen molar-refractivity contribution in [3.8, 4) is 33.9 Å². The molecule has 12 heteroatoms. The minimum Gasteiger partial charge on any atom is -0.496 e. The van der Waals surface area contributed by atoms with Crippen LogP contribution in [-0.2, 0) is 16.1 Å². The predicted molar refractivity (Wildman–Crippen MR) is 191 cm³/mol. The molecule has 2 heterocycles. The van der Waals surface area contributed by atoms with Gasteiger partial charge in [0.1, 0.15) is 17.2 Å². The number of aromatic nitrogens is 1. The van der Waals surface area contributed by atoms with E-state index in [4.69, 9.17) is 25.8 Å². The fourth-order valence-corrected chi connectivity index (χ4v) is 6.25. The molecule has 0 bridgehead atoms. The van der Waals surface area contributed by atoms with Gasteiger partial charge >= 0.3 is 6.09 Å². The maximum Gasteiger partial charge on any atom is 0.410 e. The molecule has 5 rings (SSSR count). The molecule has 262 valence electrons. The smallest absolute Gasteiger partial charge is 0.410 e. The first kappa shape index (κ1) is 36.1. The number of pyridine rings is 1. The maximum absolute atomic E-state index is 14.3. The number of ether oxygens (including phenoxy) is 3. The van der Waals surface area contributed by atoms with Gasteiger partial charge in [-0.1, -0.05) is 35.9 Å². The van der Waals surface area contributed by atoms with E-state index >= 15 is 0 Å². The van der Waals surface area contributed by atoms with E-state index in [2.05, 4.69) is 15.6 Å². The molecule has 10 nitrogen and oxygen atoms in total. The number of hydrogen-bond donors (Lipinski definition) is 2. The summed E-state index contributed by atoms with van der Waals surface area (Å²) in [5.41, 5.74) is 4.66. The summed E-state index contributed by atoms with van der Waals surface area (Å²) in [4.78, 5) is 42.8. The molecule has 1 aliphatic rings. The summed E-state index contributed by atoms with van der Waals surface area (Å²) >= 11 is 7.06. The van der Waals surface area contributed by atoms with E-state index in [1.54, 1.807) is 39.0 Å². The molecule has 0 saturated carbocycles. The van der Waals surface area contributed by atoms with Crippen molar-refractivity contribution in [3.63, 3.8) is 0 Å². The van der Waals surface area contributed by atoms with Crippen LogP contribution in [0.1, 0.15) is 55.1 Å². The second-order valence-electron chi connectivity index (χ2n) is 13.0. The second-order valence-corrected chi connectivity index (χ2v) is 13.4. The summed E-state index contributed by atoms with van der Waals surface area (Å²) < 4.78 is 31.2. The van der Waals surface area contributed by atoms with Crippen molar-refractivity contribution in [2.45, 2.75) is 58.7 Å². The van der Waals surface area contributed by atoms with Gasteiger partial charge < -0.3 is 29.7 Å². The molecule has 0 aliphatic carbocycles. The highest BCUT2D eigenvalue weighted by molar-refractivity contribution is 6.35. The summed E-state index contributed by atoms with van der Waals surface area (Å²) in [6, 6.07) is 15.2. The van der Waals surface area contributed by atoms with E-state index in [0.717, 1.165) is 28.3 Å². The molecule has 2 N–H and O–H groups in total. The molecule has 3 aromatic carbocycles. The van der Waals surface area contributed by atoms with Crippen LogP contribution in [-0.4, -0.2) is 60.6 Å². The predicted octanol–water partition coefficient (Wildman–Crippen LogP) is 8.11. The van der Waals surface area contributed by atoms with Crippen molar-refractivity contribution in [1.29, 1.82) is 0 Å². The Bertz CT molecular complexity index is 1930. The Kier molecular flexibility index (Phi) is 11.0. The maximum atomic E-state index is 14.3. The number of hydrogen-bond acceptors (Lipinski definition) is 8. The van der Waals surface area contributed by atoms with Crippen molar-refractivity contribution >= 4 is 41.3 Å². The van der Waals surface area contributed by atoms with Crippen molar-refractivity contribution in [2.24, 2.45) is 0 Å². The van der Waals surface area contributed by atoms with Crippen molar-refractivity contribution in [3.05, 3.63) is 88.3 Å². The third-order valence-electron chi connectivity index (χ3n) is 8.30. The molecular weight excluding hydrogens is 663 g/mol. The monoisotopic (exact) mass is 702 g/mol. The average Bonchev–Trinajstić information content (AvgIpc) is 3.49. The fourth-order valence-electron chi connectivity index (χ4n) is 5.92. The Morgan fingerprint density at radius 2 is 1.88 bits per heavy atom. The average molecular weight is 703 g/mol. The molecule has 0 unspecified atom stereocenters. The minimum atomic E-state index is -0.699. The zero-order chi connectivity index (χ0) is 36.2. The molecule has 1 fully saturated rings. The van der Waals surface area contributed by atoms with E-state index in [1.807, 2.05) is 49.4 Å². The Labute approximate surface area is 295 Å². The van der Waals surface area contributed by atoms with Gasteiger partial charge in [0, 0.05) is 53.6 Å². The zero-order valence-corrected chi connectivity index (χ0v) is 29.6. The van der Waals surface area contributed by atoms with Gasteiger partial charge in [-0.05, 0) is 69.5 Å². The van der Waals surface area contributed by atoms with Crippen LogP contribution in [0.3, 0.4) is 0 Å². The van der Waals surface area contributed by atoms with Crippen LogP contribution in [0.25, 0.3) is 22.4 Å². The molecule has 1 saturated heterocycles. The van der Waals surface area contributed by atoms with Gasteiger partial charge in [0.05, 0.1) is 42.7 Å². The lowest BCUT2D eigenvalue weighted by Crippen LogP contribution is -2.43. The van der Waals surface area contributed by atoms with Crippen LogP contribution in [0.15, 0.2) is 60.8 Å². The van der Waals surface area contributed by atoms with E-state index < -0.39 is 17.5 Å². The first-order valence-electron chi connectivity index (χ1n) is 16.1. The number of benzene rings is 3. The zero-order valence-electron chi connectivity index (χ0n) is 28.9. The second kappa shape index (κ2) is 15.2. The van der Waals surface area contributed by atoms with E-state index in [9.17, 15) is 18.8 Å². The first-order chi connectivity index (χ1) is 23.8. The molecule has 1 aromatic heterocycles. The number of methoxy groups -OCH3 is 2. The van der Waals surface area contributed by atoms with Crippen molar-refractivity contribution in [1.82, 2.24) is 15.2 Å². The number of carbonyl (C=O) groups excluding carboxylic acids is 3. The van der Waals surface area contributed by atoms with Gasteiger partial charge in [-0.15, -0.1) is 0 Å². The topological polar surface area (TPSA) is 119 Å². The van der Waals surface area contributed by atoms with Gasteiger partial charge in [-0.3, -0.25) is 14.6 Å².